The van der Waals surface area contributed by atoms with Crippen LogP contribution in [0.5, 0.6) is 0 Å². The van der Waals surface area contributed by atoms with Crippen LogP contribution >= 0.6 is 6.72 Å². The van der Waals surface area contributed by atoms with Gasteiger partial charge in [0.25, 0.3) is 5.56 Å². The van der Waals surface area contributed by atoms with Crippen molar-refractivity contribution in [1.29, 1.82) is 0 Å². The third-order valence-electron chi connectivity index (χ3n) is 4.11. The molecule has 4 atom stereocenters. The van der Waals surface area contributed by atoms with Gasteiger partial charge in [0, 0.05) is 18.2 Å². The molecule has 0 spiro atoms. The number of nitrogens with one attached hydrogen (secondary N) is 1. The maximum absolute atomic E-state index is 12.2. The van der Waals surface area contributed by atoms with E-state index in [4.69, 9.17) is 25.6 Å². The van der Waals surface area contributed by atoms with Crippen LogP contribution in [0.1, 0.15) is 66.2 Å². The summed E-state index contributed by atoms with van der Waals surface area (Å²) in [5, 5.41) is 0. The van der Waals surface area contributed by atoms with Crippen LogP contribution in [0.15, 0.2) is 15.8 Å². The van der Waals surface area contributed by atoms with E-state index in [0.29, 0.717) is 18.4 Å². The highest BCUT2D eigenvalue weighted by molar-refractivity contribution is 8.07. The molecular weight excluding hydrogens is 403 g/mol. The van der Waals surface area contributed by atoms with Crippen LogP contribution in [0.2, 0.25) is 0 Å². The van der Waals surface area contributed by atoms with Gasteiger partial charge >= 0.3 is 12.4 Å². The van der Waals surface area contributed by atoms with Crippen molar-refractivity contribution < 1.29 is 18.7 Å². The highest BCUT2D eigenvalue weighted by atomic mass is 32.5. The molecule has 2 rings (SSSR count). The molecule has 8 nitrogen and oxygen atoms in total. The second-order valence-electron chi connectivity index (χ2n) is 9.42. The lowest BCUT2D eigenvalue weighted by Gasteiger charge is -2.31. The molecule has 0 aromatic carbocycles. The maximum atomic E-state index is 12.2. The van der Waals surface area contributed by atoms with Gasteiger partial charge in [-0.25, -0.2) is 4.79 Å². The van der Waals surface area contributed by atoms with E-state index < -0.39 is 35.9 Å². The molecule has 1 aliphatic rings. The van der Waals surface area contributed by atoms with Crippen molar-refractivity contribution in [2.24, 2.45) is 5.41 Å². The molecule has 1 unspecified atom stereocenters. The fourth-order valence-electron chi connectivity index (χ4n) is 3.11. The van der Waals surface area contributed by atoms with E-state index in [0.717, 1.165) is 0 Å². The van der Waals surface area contributed by atoms with Gasteiger partial charge in [-0.15, -0.1) is 0 Å². The summed E-state index contributed by atoms with van der Waals surface area (Å²) in [6.45, 7) is 9.68. The third-order valence-corrected chi connectivity index (χ3v) is 5.91. The van der Waals surface area contributed by atoms with Crippen molar-refractivity contribution in [2.75, 3.05) is 0 Å². The quantitative estimate of drug-likeness (QED) is 0.687. The van der Waals surface area contributed by atoms with Crippen LogP contribution in [0.3, 0.4) is 0 Å². The molecule has 2 heterocycles. The number of aromatic amines is 1. The molecule has 1 aromatic rings. The fraction of sp³-hybridized carbons (Fsp3) is 0.778. The normalized spacial score (nSPS) is 25.6. The average Bonchev–Trinajstić information content (AvgIpc) is 2.79. The van der Waals surface area contributed by atoms with E-state index in [9.17, 15) is 14.5 Å². The molecule has 0 aliphatic carbocycles. The number of hydrogen-bond donors (Lipinski definition) is 2. The Balaban J connectivity index is 2.30. The Morgan fingerprint density at radius 1 is 1.32 bits per heavy atom. The molecule has 0 bridgehead atoms. The monoisotopic (exact) mass is 434 g/mol. The molecule has 0 amide bonds. The zero-order valence-corrected chi connectivity index (χ0v) is 19.2. The standard InChI is InChI=1S/C18H31N2O6PS/c1-11-10-20(16(22)19-15(11)21)14-8-12(13(24-14)9-17(2,3)4)25-27(23,28)26-18(5,6)7/h10,12-14H,8-9H2,1-7H3,(H,23,28)(H,19,21,22)/t12-,13-,14-,27?/m1/s1. The van der Waals surface area contributed by atoms with E-state index in [2.05, 4.69) is 25.8 Å². The largest absolute Gasteiger partial charge is 0.352 e. The Morgan fingerprint density at radius 2 is 1.93 bits per heavy atom. The zero-order valence-electron chi connectivity index (χ0n) is 17.5. The molecule has 1 aliphatic heterocycles. The van der Waals surface area contributed by atoms with Crippen LogP contribution in [0.25, 0.3) is 0 Å². The van der Waals surface area contributed by atoms with Crippen LogP contribution in [0, 0.1) is 12.3 Å². The SMILES string of the molecule is Cc1cn([C@H]2C[C@@H](OP(O)(=S)OC(C)(C)C)[C@@H](CC(C)(C)C)O2)c(=O)[nH]c1=O. The predicted octanol–water partition coefficient (Wildman–Crippen LogP) is 2.99. The predicted molar refractivity (Wildman–Crippen MR) is 111 cm³/mol. The summed E-state index contributed by atoms with van der Waals surface area (Å²) in [6.07, 6.45) is 0.853. The lowest BCUT2D eigenvalue weighted by Crippen LogP contribution is -2.33. The lowest BCUT2D eigenvalue weighted by atomic mass is 9.87. The molecule has 1 fully saturated rings. The highest BCUT2D eigenvalue weighted by Crippen LogP contribution is 2.52. The Labute approximate surface area is 170 Å². The van der Waals surface area contributed by atoms with Gasteiger partial charge < -0.3 is 18.7 Å². The first kappa shape index (κ1) is 23.4. The summed E-state index contributed by atoms with van der Waals surface area (Å²) >= 11 is 5.19. The average molecular weight is 434 g/mol. The lowest BCUT2D eigenvalue weighted by molar-refractivity contribution is -0.0389. The van der Waals surface area contributed by atoms with Crippen LogP contribution in [0.4, 0.5) is 0 Å². The summed E-state index contributed by atoms with van der Waals surface area (Å²) in [5.41, 5.74) is -1.30. The fourth-order valence-corrected chi connectivity index (χ4v) is 5.41. The second kappa shape index (κ2) is 8.13. The number of aryl methyl sites for hydroxylation is 1. The number of aromatic nitrogens is 2. The van der Waals surface area contributed by atoms with Crippen molar-refractivity contribution in [1.82, 2.24) is 9.55 Å². The van der Waals surface area contributed by atoms with Crippen LogP contribution in [-0.4, -0.2) is 32.3 Å². The van der Waals surface area contributed by atoms with Gasteiger partial charge in [-0.1, -0.05) is 20.8 Å². The minimum absolute atomic E-state index is 0.0735. The number of hydrogen-bond acceptors (Lipinski definition) is 6. The summed E-state index contributed by atoms with van der Waals surface area (Å²) in [7, 11) is 0. The van der Waals surface area contributed by atoms with Crippen LogP contribution < -0.4 is 11.2 Å². The number of rotatable bonds is 5. The van der Waals surface area contributed by atoms with E-state index >= 15 is 0 Å². The first-order valence-corrected chi connectivity index (χ1v) is 11.8. The minimum Gasteiger partial charge on any atom is -0.352 e. The van der Waals surface area contributed by atoms with Crippen molar-refractivity contribution >= 4 is 18.5 Å². The van der Waals surface area contributed by atoms with Gasteiger partial charge in [-0.3, -0.25) is 14.3 Å². The van der Waals surface area contributed by atoms with E-state index in [1.165, 1.54) is 10.8 Å². The molecule has 0 saturated carbocycles. The molecular formula is C18H31N2O6PS. The van der Waals surface area contributed by atoms with Crippen molar-refractivity contribution in [3.05, 3.63) is 32.6 Å². The summed E-state index contributed by atoms with van der Waals surface area (Å²) < 4.78 is 18.8. The van der Waals surface area contributed by atoms with Gasteiger partial charge in [0.2, 0.25) is 0 Å². The number of ether oxygens (including phenoxy) is 1. The van der Waals surface area contributed by atoms with Gasteiger partial charge in [-0.2, -0.15) is 0 Å². The zero-order chi connectivity index (χ0) is 21.5. The minimum atomic E-state index is -3.51. The Kier molecular flexibility index (Phi) is 6.81. The first-order valence-electron chi connectivity index (χ1n) is 9.26. The molecule has 28 heavy (non-hydrogen) atoms. The third kappa shape index (κ3) is 6.61. The molecule has 2 N–H and O–H groups in total. The Bertz CT molecular complexity index is 867. The topological polar surface area (TPSA) is 103 Å². The Hall–Kier alpha value is -0.830. The maximum Gasteiger partial charge on any atom is 0.330 e. The first-order chi connectivity index (χ1) is 12.6. The molecule has 0 radical (unpaired) electrons. The van der Waals surface area contributed by atoms with Crippen molar-refractivity contribution in [3.8, 4) is 0 Å². The smallest absolute Gasteiger partial charge is 0.330 e. The molecule has 1 saturated heterocycles. The van der Waals surface area contributed by atoms with Gasteiger partial charge in [-0.05, 0) is 51.3 Å². The molecule has 10 heteroatoms. The summed E-state index contributed by atoms with van der Waals surface area (Å²) in [4.78, 5) is 36.7. The van der Waals surface area contributed by atoms with E-state index in [1.807, 2.05) is 0 Å². The van der Waals surface area contributed by atoms with Crippen molar-refractivity contribution in [3.63, 3.8) is 0 Å². The number of H-pyrrole nitrogens is 1. The van der Waals surface area contributed by atoms with E-state index in [-0.39, 0.29) is 11.5 Å². The second-order valence-corrected chi connectivity index (χ2v) is 12.1. The van der Waals surface area contributed by atoms with Gasteiger partial charge in [0.05, 0.1) is 17.8 Å². The highest BCUT2D eigenvalue weighted by Gasteiger charge is 2.42. The summed E-state index contributed by atoms with van der Waals surface area (Å²) in [6, 6.07) is 0. The van der Waals surface area contributed by atoms with Crippen molar-refractivity contribution in [2.45, 2.75) is 85.3 Å². The number of nitrogens with zero attached hydrogens (tertiary/aromatic N) is 1. The summed E-state index contributed by atoms with van der Waals surface area (Å²) in [5.74, 6) is 0. The Morgan fingerprint density at radius 3 is 2.46 bits per heavy atom. The molecule has 160 valence electrons. The molecule has 1 aromatic heterocycles. The van der Waals surface area contributed by atoms with Gasteiger partial charge in [0.1, 0.15) is 6.23 Å². The van der Waals surface area contributed by atoms with Gasteiger partial charge in [0.15, 0.2) is 0 Å². The van der Waals surface area contributed by atoms with Crippen LogP contribution in [-0.2, 0) is 25.6 Å². The van der Waals surface area contributed by atoms with E-state index in [1.54, 1.807) is 27.7 Å².